The van der Waals surface area contributed by atoms with E-state index < -0.39 is 11.8 Å². The molecule has 0 N–H and O–H groups in total. The number of nitriles is 1. The molecule has 0 aromatic heterocycles. The van der Waals surface area contributed by atoms with Crippen LogP contribution in [-0.2, 0) is 4.79 Å². The van der Waals surface area contributed by atoms with E-state index in [0.717, 1.165) is 36.2 Å². The molecule has 5 nitrogen and oxygen atoms in total. The Morgan fingerprint density at radius 1 is 1.20 bits per heavy atom. The number of para-hydroxylation sites is 2. The van der Waals surface area contributed by atoms with Crippen LogP contribution in [0.4, 0.5) is 20.2 Å². The number of aliphatic imine (C=N–C) groups is 1. The number of unbranched alkanes of at least 4 members (excludes halogenated alkanes) is 1. The van der Waals surface area contributed by atoms with E-state index in [1.165, 1.54) is 0 Å². The monoisotopic (exact) mass is 553 g/mol. The second kappa shape index (κ2) is 16.7. The molecular weight excluding hydrogens is 508 g/mol. The Bertz CT molecular complexity index is 1140. The molecule has 7 heteroatoms. The van der Waals surface area contributed by atoms with Gasteiger partial charge in [0.15, 0.2) is 0 Å². The van der Waals surface area contributed by atoms with Crippen LogP contribution in [0.25, 0.3) is 0 Å². The van der Waals surface area contributed by atoms with E-state index in [2.05, 4.69) is 11.1 Å². The molecule has 1 amide bonds. The van der Waals surface area contributed by atoms with Gasteiger partial charge in [-0.3, -0.25) is 9.79 Å². The summed E-state index contributed by atoms with van der Waals surface area (Å²) in [4.78, 5) is 18.8. The fourth-order valence-corrected chi connectivity index (χ4v) is 5.15. The zero-order valence-corrected chi connectivity index (χ0v) is 24.8. The van der Waals surface area contributed by atoms with E-state index in [4.69, 9.17) is 10.00 Å². The van der Waals surface area contributed by atoms with Crippen molar-refractivity contribution in [1.82, 2.24) is 0 Å². The Labute approximate surface area is 239 Å². The molecule has 2 atom stereocenters. The van der Waals surface area contributed by atoms with E-state index in [1.54, 1.807) is 17.2 Å². The first-order valence-electron chi connectivity index (χ1n) is 14.6. The van der Waals surface area contributed by atoms with E-state index in [0.29, 0.717) is 50.1 Å². The van der Waals surface area contributed by atoms with Crippen LogP contribution in [0.1, 0.15) is 90.2 Å². The third kappa shape index (κ3) is 9.73. The van der Waals surface area contributed by atoms with Gasteiger partial charge in [0, 0.05) is 31.5 Å². The molecule has 0 heterocycles. The quantitative estimate of drug-likeness (QED) is 0.261. The van der Waals surface area contributed by atoms with Gasteiger partial charge in [-0.05, 0) is 88.3 Å². The molecule has 40 heavy (non-hydrogen) atoms. The van der Waals surface area contributed by atoms with Crippen LogP contribution in [0.15, 0.2) is 47.5 Å². The van der Waals surface area contributed by atoms with E-state index in [9.17, 15) is 13.6 Å². The Morgan fingerprint density at radius 3 is 2.58 bits per heavy atom. The van der Waals surface area contributed by atoms with Crippen LogP contribution in [-0.4, -0.2) is 31.2 Å². The third-order valence-electron chi connectivity index (χ3n) is 7.26. The molecule has 0 bridgehead atoms. The smallest absolute Gasteiger partial charge is 0.250 e. The third-order valence-corrected chi connectivity index (χ3v) is 7.26. The van der Waals surface area contributed by atoms with Gasteiger partial charge in [-0.1, -0.05) is 38.8 Å². The Balaban J connectivity index is 0.000000389. The summed E-state index contributed by atoms with van der Waals surface area (Å²) in [7, 11) is 0. The second-order valence-electron chi connectivity index (χ2n) is 10.4. The predicted octanol–water partition coefficient (Wildman–Crippen LogP) is 9.05. The highest BCUT2D eigenvalue weighted by Gasteiger charge is 2.44. The van der Waals surface area contributed by atoms with E-state index >= 15 is 0 Å². The van der Waals surface area contributed by atoms with Gasteiger partial charge < -0.3 is 9.64 Å². The summed E-state index contributed by atoms with van der Waals surface area (Å²) in [6.07, 6.45) is 6.15. The minimum Gasteiger partial charge on any atom is -0.492 e. The van der Waals surface area contributed by atoms with Crippen LogP contribution in [0.5, 0.6) is 5.75 Å². The predicted molar refractivity (Wildman–Crippen MR) is 160 cm³/mol. The highest BCUT2D eigenvalue weighted by Crippen LogP contribution is 2.44. The minimum atomic E-state index is -2.58. The van der Waals surface area contributed by atoms with Crippen LogP contribution >= 0.6 is 0 Å². The zero-order valence-electron chi connectivity index (χ0n) is 24.8. The number of halogens is 2. The summed E-state index contributed by atoms with van der Waals surface area (Å²) in [5.41, 5.74) is 3.40. The molecule has 2 aromatic rings. The minimum absolute atomic E-state index is 0.0390. The Hall–Kier alpha value is -3.27. The maximum absolute atomic E-state index is 14.4. The summed E-state index contributed by atoms with van der Waals surface area (Å²) >= 11 is 0. The van der Waals surface area contributed by atoms with Crippen molar-refractivity contribution in [2.24, 2.45) is 16.8 Å². The molecule has 3 rings (SSSR count). The topological polar surface area (TPSA) is 65.7 Å². The van der Waals surface area contributed by atoms with E-state index in [1.807, 2.05) is 71.0 Å². The average molecular weight is 554 g/mol. The normalized spacial score (nSPS) is 17.9. The molecule has 218 valence electrons. The lowest BCUT2D eigenvalue weighted by molar-refractivity contribution is -0.119. The Morgan fingerprint density at radius 2 is 1.95 bits per heavy atom. The molecule has 1 aliphatic rings. The molecule has 1 fully saturated rings. The second-order valence-corrected chi connectivity index (χ2v) is 10.4. The molecular formula is C33H45F2N3O2. The summed E-state index contributed by atoms with van der Waals surface area (Å²) in [6, 6.07) is 15.1. The number of aryl methyl sites for hydroxylation is 1. The number of hydrogen-bond donors (Lipinski definition) is 0. The van der Waals surface area contributed by atoms with Crippen molar-refractivity contribution in [1.29, 1.82) is 5.26 Å². The maximum Gasteiger partial charge on any atom is 0.250 e. The van der Waals surface area contributed by atoms with Crippen molar-refractivity contribution in [3.8, 4) is 11.8 Å². The lowest BCUT2D eigenvalue weighted by atomic mass is 9.76. The largest absolute Gasteiger partial charge is 0.492 e. The van der Waals surface area contributed by atoms with Crippen LogP contribution in [0, 0.1) is 30.1 Å². The van der Waals surface area contributed by atoms with Gasteiger partial charge >= 0.3 is 0 Å². The van der Waals surface area contributed by atoms with Crippen molar-refractivity contribution < 1.29 is 18.3 Å². The van der Waals surface area contributed by atoms with Gasteiger partial charge in [-0.2, -0.15) is 5.26 Å². The number of hydrogen-bond acceptors (Lipinski definition) is 4. The van der Waals surface area contributed by atoms with E-state index in [-0.39, 0.29) is 18.2 Å². The number of amides is 1. The van der Waals surface area contributed by atoms with Gasteiger partial charge in [-0.15, -0.1) is 0 Å². The lowest BCUT2D eigenvalue weighted by Crippen LogP contribution is -2.41. The van der Waals surface area contributed by atoms with Crippen molar-refractivity contribution in [2.75, 3.05) is 18.1 Å². The number of benzene rings is 2. The molecule has 0 aliphatic heterocycles. The van der Waals surface area contributed by atoms with Crippen molar-refractivity contribution in [3.05, 3.63) is 53.6 Å². The zero-order chi connectivity index (χ0) is 29.5. The van der Waals surface area contributed by atoms with Crippen molar-refractivity contribution in [2.45, 2.75) is 91.9 Å². The van der Waals surface area contributed by atoms with Gasteiger partial charge in [0.05, 0.1) is 29.6 Å². The molecule has 2 unspecified atom stereocenters. The van der Waals surface area contributed by atoms with Crippen LogP contribution in [0.3, 0.4) is 0 Å². The first-order chi connectivity index (χ1) is 19.2. The number of carbonyl (C=O) groups excluding carboxylic acids is 1. The highest BCUT2D eigenvalue weighted by molar-refractivity contribution is 5.94. The van der Waals surface area contributed by atoms with Crippen molar-refractivity contribution in [3.63, 3.8) is 0 Å². The van der Waals surface area contributed by atoms with Gasteiger partial charge in [0.25, 0.3) is 5.92 Å². The number of alkyl halides is 2. The summed E-state index contributed by atoms with van der Waals surface area (Å²) in [5.74, 6) is -2.34. The first-order valence-corrected chi connectivity index (χ1v) is 14.6. The fraction of sp³-hybridized carbons (Fsp3) is 0.545. The van der Waals surface area contributed by atoms with Gasteiger partial charge in [0.1, 0.15) is 5.75 Å². The summed E-state index contributed by atoms with van der Waals surface area (Å²) in [6.45, 7) is 10.8. The molecule has 1 saturated carbocycles. The number of rotatable bonds is 11. The van der Waals surface area contributed by atoms with Crippen LogP contribution < -0.4 is 9.64 Å². The van der Waals surface area contributed by atoms with Gasteiger partial charge in [0.2, 0.25) is 5.91 Å². The highest BCUT2D eigenvalue weighted by atomic mass is 19.3. The van der Waals surface area contributed by atoms with Gasteiger partial charge in [-0.25, -0.2) is 8.78 Å². The fourth-order valence-electron chi connectivity index (χ4n) is 5.15. The SMILES string of the molecule is CC=Nc1ccc(C#N)cc1C.CCCCC1CC(CN(C(=O)CCC)c2ccccc2OCC)CCC1(F)F. The molecule has 2 aromatic carbocycles. The lowest BCUT2D eigenvalue weighted by Gasteiger charge is -2.38. The summed E-state index contributed by atoms with van der Waals surface area (Å²) in [5, 5.41) is 8.59. The Kier molecular flexibility index (Phi) is 13.8. The molecule has 0 spiro atoms. The average Bonchev–Trinajstić information content (AvgIpc) is 2.94. The molecule has 0 saturated heterocycles. The number of nitrogens with zero attached hydrogens (tertiary/aromatic N) is 3. The summed E-state index contributed by atoms with van der Waals surface area (Å²) < 4.78 is 34.5. The van der Waals surface area contributed by atoms with Crippen LogP contribution in [0.2, 0.25) is 0 Å². The standard InChI is InChI=1S/C23H35F2NO2.C10H10N2/c1-4-7-11-19-16-18(14-15-23(19,24)25)17-26(22(27)10-5-2)20-12-8-9-13-21(20)28-6-3;1-3-12-10-5-4-9(7-11)6-8(10)2/h8-9,12-13,18-19H,4-7,10-11,14-17H2,1-3H3;3-6H,1-2H3. The van der Waals surface area contributed by atoms with Crippen molar-refractivity contribution >= 4 is 23.5 Å². The number of ether oxygens (including phenoxy) is 1. The number of anilines is 1. The number of carbonyl (C=O) groups is 1. The molecule has 1 aliphatic carbocycles. The maximum atomic E-state index is 14.4. The first kappa shape index (κ1) is 32.9. The molecule has 0 radical (unpaired) electrons.